The summed E-state index contributed by atoms with van der Waals surface area (Å²) in [6.07, 6.45) is 1.04. The minimum atomic E-state index is -4.43. The predicted octanol–water partition coefficient (Wildman–Crippen LogP) is 2.80. The number of rotatable bonds is 4. The molecule has 1 atom stereocenters. The van der Waals surface area contributed by atoms with Crippen LogP contribution in [0.2, 0.25) is 0 Å². The molecule has 122 valence electrons. The molecule has 23 heavy (non-hydrogen) atoms. The van der Waals surface area contributed by atoms with Crippen molar-refractivity contribution in [1.82, 2.24) is 15.0 Å². The summed E-state index contributed by atoms with van der Waals surface area (Å²) in [5, 5.41) is 0. The lowest BCUT2D eigenvalue weighted by molar-refractivity contribution is -0.141. The topological polar surface area (TPSA) is 51.1 Å². The average Bonchev–Trinajstić information content (AvgIpc) is 3.02. The van der Waals surface area contributed by atoms with Crippen molar-refractivity contribution < 1.29 is 17.9 Å². The summed E-state index contributed by atoms with van der Waals surface area (Å²) in [6.45, 7) is 1.71. The van der Waals surface area contributed by atoms with E-state index in [1.165, 1.54) is 12.3 Å². The third-order valence-corrected chi connectivity index (χ3v) is 3.64. The highest BCUT2D eigenvalue weighted by Crippen LogP contribution is 2.30. The highest BCUT2D eigenvalue weighted by molar-refractivity contribution is 5.41. The second-order valence-corrected chi connectivity index (χ2v) is 5.33. The minimum absolute atomic E-state index is 0.216. The van der Waals surface area contributed by atoms with E-state index in [2.05, 4.69) is 15.0 Å². The van der Waals surface area contributed by atoms with Gasteiger partial charge in [-0.05, 0) is 18.6 Å². The first-order valence-corrected chi connectivity index (χ1v) is 7.20. The molecule has 2 aromatic heterocycles. The van der Waals surface area contributed by atoms with Crippen molar-refractivity contribution in [2.75, 3.05) is 24.6 Å². The van der Waals surface area contributed by atoms with Gasteiger partial charge in [0, 0.05) is 31.4 Å². The zero-order chi connectivity index (χ0) is 16.3. The Labute approximate surface area is 131 Å². The van der Waals surface area contributed by atoms with Crippen LogP contribution >= 0.6 is 0 Å². The Balaban J connectivity index is 1.59. The zero-order valence-electron chi connectivity index (χ0n) is 12.2. The number of hydrogen-bond acceptors (Lipinski definition) is 5. The van der Waals surface area contributed by atoms with Crippen LogP contribution in [-0.4, -0.2) is 34.6 Å². The van der Waals surface area contributed by atoms with E-state index in [0.717, 1.165) is 12.5 Å². The van der Waals surface area contributed by atoms with Gasteiger partial charge in [0.2, 0.25) is 5.88 Å². The van der Waals surface area contributed by atoms with E-state index in [4.69, 9.17) is 4.74 Å². The van der Waals surface area contributed by atoms with Gasteiger partial charge in [0.15, 0.2) is 0 Å². The van der Waals surface area contributed by atoms with Crippen molar-refractivity contribution in [2.24, 2.45) is 5.92 Å². The van der Waals surface area contributed by atoms with E-state index >= 15 is 0 Å². The first-order valence-electron chi connectivity index (χ1n) is 7.20. The van der Waals surface area contributed by atoms with Crippen LogP contribution in [0.4, 0.5) is 19.0 Å². The van der Waals surface area contributed by atoms with Gasteiger partial charge in [-0.1, -0.05) is 6.07 Å². The largest absolute Gasteiger partial charge is 0.476 e. The molecule has 5 nitrogen and oxygen atoms in total. The lowest BCUT2D eigenvalue weighted by Crippen LogP contribution is -2.23. The number of nitrogens with zero attached hydrogens (tertiary/aromatic N) is 4. The summed E-state index contributed by atoms with van der Waals surface area (Å²) < 4.78 is 43.7. The molecule has 0 spiro atoms. The predicted molar refractivity (Wildman–Crippen MR) is 77.1 cm³/mol. The summed E-state index contributed by atoms with van der Waals surface area (Å²) in [6, 6.07) is 3.96. The van der Waals surface area contributed by atoms with Gasteiger partial charge in [-0.25, -0.2) is 9.97 Å². The SMILES string of the molecule is FC(F)(F)c1cccc(N2CCC(COc3cnccn3)C2)n1. The van der Waals surface area contributed by atoms with Gasteiger partial charge in [0.25, 0.3) is 0 Å². The molecule has 0 aliphatic carbocycles. The van der Waals surface area contributed by atoms with Crippen LogP contribution in [0.5, 0.6) is 5.88 Å². The van der Waals surface area contributed by atoms with Crippen LogP contribution in [0, 0.1) is 5.92 Å². The van der Waals surface area contributed by atoms with Crippen LogP contribution in [0.25, 0.3) is 0 Å². The van der Waals surface area contributed by atoms with E-state index in [0.29, 0.717) is 31.4 Å². The molecule has 0 radical (unpaired) electrons. The van der Waals surface area contributed by atoms with Crippen molar-refractivity contribution in [2.45, 2.75) is 12.6 Å². The van der Waals surface area contributed by atoms with E-state index in [1.807, 2.05) is 4.90 Å². The quantitative estimate of drug-likeness (QED) is 0.865. The molecular formula is C15H15F3N4O. The number of halogens is 3. The summed E-state index contributed by atoms with van der Waals surface area (Å²) in [7, 11) is 0. The molecule has 0 saturated carbocycles. The van der Waals surface area contributed by atoms with Crippen LogP contribution in [-0.2, 0) is 6.18 Å². The third kappa shape index (κ3) is 3.88. The molecule has 1 fully saturated rings. The van der Waals surface area contributed by atoms with Crippen molar-refractivity contribution in [1.29, 1.82) is 0 Å². The molecule has 1 aliphatic heterocycles. The fourth-order valence-corrected chi connectivity index (χ4v) is 2.50. The summed E-state index contributed by atoms with van der Waals surface area (Å²) >= 11 is 0. The first-order chi connectivity index (χ1) is 11.0. The summed E-state index contributed by atoms with van der Waals surface area (Å²) in [5.41, 5.74) is -0.866. The van der Waals surface area contributed by atoms with E-state index in [-0.39, 0.29) is 5.92 Å². The molecule has 0 N–H and O–H groups in total. The Bertz CT molecular complexity index is 651. The zero-order valence-corrected chi connectivity index (χ0v) is 12.2. The Kier molecular flexibility index (Phi) is 4.31. The van der Waals surface area contributed by atoms with Gasteiger partial charge < -0.3 is 9.64 Å². The van der Waals surface area contributed by atoms with Crippen LogP contribution in [0.15, 0.2) is 36.8 Å². The normalized spacial score (nSPS) is 18.2. The molecule has 1 aliphatic rings. The maximum Gasteiger partial charge on any atom is 0.433 e. The van der Waals surface area contributed by atoms with Crippen molar-refractivity contribution in [3.63, 3.8) is 0 Å². The maximum absolute atomic E-state index is 12.7. The van der Waals surface area contributed by atoms with Gasteiger partial charge in [0.05, 0.1) is 12.8 Å². The van der Waals surface area contributed by atoms with E-state index in [9.17, 15) is 13.2 Å². The summed E-state index contributed by atoms with van der Waals surface area (Å²) in [4.78, 5) is 13.5. The highest BCUT2D eigenvalue weighted by Gasteiger charge is 2.33. The number of hydrogen-bond donors (Lipinski definition) is 0. The molecular weight excluding hydrogens is 309 g/mol. The molecule has 8 heteroatoms. The van der Waals surface area contributed by atoms with Gasteiger partial charge in [-0.15, -0.1) is 0 Å². The van der Waals surface area contributed by atoms with Crippen molar-refractivity contribution in [3.8, 4) is 5.88 Å². The number of anilines is 1. The number of pyridine rings is 1. The minimum Gasteiger partial charge on any atom is -0.476 e. The molecule has 3 heterocycles. The van der Waals surface area contributed by atoms with Gasteiger partial charge in [-0.2, -0.15) is 13.2 Å². The molecule has 0 bridgehead atoms. The first kappa shape index (κ1) is 15.5. The maximum atomic E-state index is 12.7. The Morgan fingerprint density at radius 2 is 2.13 bits per heavy atom. The molecule has 3 rings (SSSR count). The monoisotopic (exact) mass is 324 g/mol. The van der Waals surface area contributed by atoms with Crippen molar-refractivity contribution in [3.05, 3.63) is 42.5 Å². The van der Waals surface area contributed by atoms with Crippen LogP contribution in [0.1, 0.15) is 12.1 Å². The Morgan fingerprint density at radius 3 is 2.87 bits per heavy atom. The molecule has 2 aromatic rings. The molecule has 1 saturated heterocycles. The van der Waals surface area contributed by atoms with E-state index < -0.39 is 11.9 Å². The second kappa shape index (κ2) is 6.39. The van der Waals surface area contributed by atoms with Gasteiger partial charge in [0.1, 0.15) is 11.5 Å². The fraction of sp³-hybridized carbons (Fsp3) is 0.400. The van der Waals surface area contributed by atoms with Gasteiger partial charge >= 0.3 is 6.18 Å². The lowest BCUT2D eigenvalue weighted by atomic mass is 10.1. The van der Waals surface area contributed by atoms with Gasteiger partial charge in [-0.3, -0.25) is 4.98 Å². The summed E-state index contributed by atoms with van der Waals surface area (Å²) in [5.74, 6) is 1.01. The smallest absolute Gasteiger partial charge is 0.433 e. The standard InChI is InChI=1S/C15H15F3N4O/c16-15(17,18)12-2-1-3-13(21-12)22-7-4-11(9-22)10-23-14-8-19-5-6-20-14/h1-3,5-6,8,11H,4,7,9-10H2. The highest BCUT2D eigenvalue weighted by atomic mass is 19.4. The number of aromatic nitrogens is 3. The van der Waals surface area contributed by atoms with E-state index in [1.54, 1.807) is 18.5 Å². The average molecular weight is 324 g/mol. The Morgan fingerprint density at radius 1 is 1.26 bits per heavy atom. The molecule has 0 amide bonds. The fourth-order valence-electron chi connectivity index (χ4n) is 2.50. The van der Waals surface area contributed by atoms with Crippen LogP contribution in [0.3, 0.4) is 0 Å². The molecule has 1 unspecified atom stereocenters. The Hall–Kier alpha value is -2.38. The third-order valence-electron chi connectivity index (χ3n) is 3.64. The lowest BCUT2D eigenvalue weighted by Gasteiger charge is -2.18. The number of alkyl halides is 3. The second-order valence-electron chi connectivity index (χ2n) is 5.33. The van der Waals surface area contributed by atoms with Crippen molar-refractivity contribution >= 4 is 5.82 Å². The van der Waals surface area contributed by atoms with Crippen LogP contribution < -0.4 is 9.64 Å². The molecule has 0 aromatic carbocycles. The number of ether oxygens (including phenoxy) is 1.